The summed E-state index contributed by atoms with van der Waals surface area (Å²) in [4.78, 5) is 0. The van der Waals surface area contributed by atoms with Gasteiger partial charge in [-0.1, -0.05) is 26.0 Å². The zero-order valence-corrected chi connectivity index (χ0v) is 8.89. The number of benzene rings is 1. The van der Waals surface area contributed by atoms with E-state index in [1.54, 1.807) is 0 Å². The maximum atomic E-state index is 12.6. The Morgan fingerprint density at radius 3 is 2.50 bits per heavy atom. The molecule has 0 aliphatic carbocycles. The molecule has 0 aromatic heterocycles. The first-order valence-electron chi connectivity index (χ1n) is 5.20. The van der Waals surface area contributed by atoms with Crippen molar-refractivity contribution < 1.29 is 4.39 Å². The molecule has 0 aliphatic heterocycles. The van der Waals surface area contributed by atoms with E-state index < -0.39 is 0 Å². The molecule has 1 rings (SSSR count). The van der Waals surface area contributed by atoms with Crippen LogP contribution in [-0.2, 0) is 0 Å². The van der Waals surface area contributed by atoms with Crippen molar-refractivity contribution in [3.63, 3.8) is 0 Å². The van der Waals surface area contributed by atoms with Gasteiger partial charge in [-0.2, -0.15) is 0 Å². The van der Waals surface area contributed by atoms with Gasteiger partial charge in [-0.15, -0.1) is 0 Å². The van der Waals surface area contributed by atoms with Crippen LogP contribution in [0.4, 0.5) is 4.39 Å². The maximum absolute atomic E-state index is 12.6. The summed E-state index contributed by atoms with van der Waals surface area (Å²) >= 11 is 0. The predicted molar refractivity (Wildman–Crippen MR) is 58.0 cm³/mol. The molecule has 2 heteroatoms. The molecule has 0 spiro atoms. The van der Waals surface area contributed by atoms with Gasteiger partial charge in [-0.25, -0.2) is 4.39 Å². The lowest BCUT2D eigenvalue weighted by Crippen LogP contribution is -2.20. The Kier molecular flexibility index (Phi) is 4.60. The summed E-state index contributed by atoms with van der Waals surface area (Å²) in [6, 6.07) is 6.75. The van der Waals surface area contributed by atoms with Crippen LogP contribution >= 0.6 is 0 Å². The molecular formula is C12H18FN. The molecule has 0 fully saturated rings. The van der Waals surface area contributed by atoms with Gasteiger partial charge in [0.2, 0.25) is 0 Å². The second-order valence-electron chi connectivity index (χ2n) is 3.66. The fourth-order valence-corrected chi connectivity index (χ4v) is 1.40. The standard InChI is InChI=1S/C12H18FN/c1-3-8-14-9-10(2)11-4-6-12(13)7-5-11/h4-7,10,14H,3,8-9H2,1-2H3. The average Bonchev–Trinajstić information content (AvgIpc) is 2.19. The largest absolute Gasteiger partial charge is 0.316 e. The molecule has 1 N–H and O–H groups in total. The smallest absolute Gasteiger partial charge is 0.123 e. The van der Waals surface area contributed by atoms with Gasteiger partial charge in [0.1, 0.15) is 5.82 Å². The molecular weight excluding hydrogens is 177 g/mol. The summed E-state index contributed by atoms with van der Waals surface area (Å²) in [6.45, 7) is 6.30. The molecule has 0 saturated heterocycles. The highest BCUT2D eigenvalue weighted by Crippen LogP contribution is 2.14. The molecule has 1 unspecified atom stereocenters. The van der Waals surface area contributed by atoms with Gasteiger partial charge in [0.15, 0.2) is 0 Å². The second kappa shape index (κ2) is 5.76. The van der Waals surface area contributed by atoms with E-state index >= 15 is 0 Å². The lowest BCUT2D eigenvalue weighted by Gasteiger charge is -2.12. The predicted octanol–water partition coefficient (Wildman–Crippen LogP) is 2.93. The van der Waals surface area contributed by atoms with Crippen molar-refractivity contribution in [2.45, 2.75) is 26.2 Å². The fourth-order valence-electron chi connectivity index (χ4n) is 1.40. The zero-order valence-electron chi connectivity index (χ0n) is 8.89. The molecule has 14 heavy (non-hydrogen) atoms. The maximum Gasteiger partial charge on any atom is 0.123 e. The first-order chi connectivity index (χ1) is 6.74. The van der Waals surface area contributed by atoms with Crippen LogP contribution in [0.3, 0.4) is 0 Å². The van der Waals surface area contributed by atoms with E-state index in [4.69, 9.17) is 0 Å². The topological polar surface area (TPSA) is 12.0 Å². The SMILES string of the molecule is CCCNCC(C)c1ccc(F)cc1. The monoisotopic (exact) mass is 195 g/mol. The van der Waals surface area contributed by atoms with Gasteiger partial charge in [0.05, 0.1) is 0 Å². The highest BCUT2D eigenvalue weighted by molar-refractivity contribution is 5.20. The summed E-state index contributed by atoms with van der Waals surface area (Å²) in [5.74, 6) is 0.282. The van der Waals surface area contributed by atoms with E-state index in [1.165, 1.54) is 17.7 Å². The Hall–Kier alpha value is -0.890. The fraction of sp³-hybridized carbons (Fsp3) is 0.500. The lowest BCUT2D eigenvalue weighted by molar-refractivity contribution is 0.603. The number of hydrogen-bond donors (Lipinski definition) is 1. The van der Waals surface area contributed by atoms with Gasteiger partial charge < -0.3 is 5.32 Å². The summed E-state index contributed by atoms with van der Waals surface area (Å²) in [7, 11) is 0. The number of rotatable bonds is 5. The van der Waals surface area contributed by atoms with Crippen molar-refractivity contribution in [2.24, 2.45) is 0 Å². The van der Waals surface area contributed by atoms with Gasteiger partial charge in [-0.3, -0.25) is 0 Å². The van der Waals surface area contributed by atoms with Crippen LogP contribution < -0.4 is 5.32 Å². The molecule has 1 atom stereocenters. The van der Waals surface area contributed by atoms with E-state index in [-0.39, 0.29) is 5.82 Å². The Morgan fingerprint density at radius 1 is 1.29 bits per heavy atom. The molecule has 0 aliphatic rings. The first-order valence-corrected chi connectivity index (χ1v) is 5.20. The summed E-state index contributed by atoms with van der Waals surface area (Å²) in [5.41, 5.74) is 1.19. The third kappa shape index (κ3) is 3.46. The van der Waals surface area contributed by atoms with Crippen LogP contribution in [0.15, 0.2) is 24.3 Å². The van der Waals surface area contributed by atoms with Crippen molar-refractivity contribution >= 4 is 0 Å². The van der Waals surface area contributed by atoms with Crippen LogP contribution in [0.2, 0.25) is 0 Å². The molecule has 0 amide bonds. The molecule has 1 aromatic carbocycles. The van der Waals surface area contributed by atoms with Crippen LogP contribution in [0, 0.1) is 5.82 Å². The molecule has 0 heterocycles. The molecule has 78 valence electrons. The summed E-state index contributed by atoms with van der Waals surface area (Å²) < 4.78 is 12.6. The normalized spacial score (nSPS) is 12.8. The Balaban J connectivity index is 2.43. The molecule has 1 aromatic rings. The first kappa shape index (κ1) is 11.2. The Labute approximate surface area is 85.3 Å². The van der Waals surface area contributed by atoms with Gasteiger partial charge >= 0.3 is 0 Å². The second-order valence-corrected chi connectivity index (χ2v) is 3.66. The van der Waals surface area contributed by atoms with Crippen LogP contribution in [0.25, 0.3) is 0 Å². The van der Waals surface area contributed by atoms with Crippen LogP contribution in [0.5, 0.6) is 0 Å². The van der Waals surface area contributed by atoms with Crippen molar-refractivity contribution in [3.8, 4) is 0 Å². The third-order valence-corrected chi connectivity index (χ3v) is 2.32. The molecule has 0 saturated carbocycles. The Bertz CT molecular complexity index is 256. The van der Waals surface area contributed by atoms with E-state index in [0.717, 1.165) is 19.5 Å². The lowest BCUT2D eigenvalue weighted by atomic mass is 10.0. The van der Waals surface area contributed by atoms with Gasteiger partial charge in [0, 0.05) is 6.54 Å². The van der Waals surface area contributed by atoms with E-state index in [9.17, 15) is 4.39 Å². The molecule has 1 nitrogen and oxygen atoms in total. The average molecular weight is 195 g/mol. The van der Waals surface area contributed by atoms with E-state index in [1.807, 2.05) is 12.1 Å². The summed E-state index contributed by atoms with van der Waals surface area (Å²) in [5, 5.41) is 3.35. The Morgan fingerprint density at radius 2 is 1.93 bits per heavy atom. The highest BCUT2D eigenvalue weighted by Gasteiger charge is 2.04. The zero-order chi connectivity index (χ0) is 10.4. The quantitative estimate of drug-likeness (QED) is 0.712. The molecule has 0 bridgehead atoms. The minimum Gasteiger partial charge on any atom is -0.316 e. The minimum absolute atomic E-state index is 0.164. The van der Waals surface area contributed by atoms with Gasteiger partial charge in [0.25, 0.3) is 0 Å². The third-order valence-electron chi connectivity index (χ3n) is 2.32. The van der Waals surface area contributed by atoms with Crippen molar-refractivity contribution in [1.82, 2.24) is 5.32 Å². The number of halogens is 1. The molecule has 0 radical (unpaired) electrons. The van der Waals surface area contributed by atoms with Crippen LogP contribution in [0.1, 0.15) is 31.7 Å². The summed E-state index contributed by atoms with van der Waals surface area (Å²) in [6.07, 6.45) is 1.15. The minimum atomic E-state index is -0.164. The highest BCUT2D eigenvalue weighted by atomic mass is 19.1. The van der Waals surface area contributed by atoms with Crippen molar-refractivity contribution in [1.29, 1.82) is 0 Å². The van der Waals surface area contributed by atoms with Crippen molar-refractivity contribution in [3.05, 3.63) is 35.6 Å². The van der Waals surface area contributed by atoms with Crippen molar-refractivity contribution in [2.75, 3.05) is 13.1 Å². The number of nitrogens with one attached hydrogen (secondary N) is 1. The van der Waals surface area contributed by atoms with E-state index in [0.29, 0.717) is 5.92 Å². The van der Waals surface area contributed by atoms with Gasteiger partial charge in [-0.05, 0) is 36.6 Å². The van der Waals surface area contributed by atoms with Crippen LogP contribution in [-0.4, -0.2) is 13.1 Å². The van der Waals surface area contributed by atoms with E-state index in [2.05, 4.69) is 19.2 Å². The number of hydrogen-bond acceptors (Lipinski definition) is 1.